The van der Waals surface area contributed by atoms with Gasteiger partial charge in [-0.3, -0.25) is 4.79 Å². The van der Waals surface area contributed by atoms with Crippen LogP contribution >= 0.6 is 11.6 Å². The van der Waals surface area contributed by atoms with E-state index in [0.717, 1.165) is 5.56 Å². The Bertz CT molecular complexity index is 1590. The Balaban J connectivity index is 1.39. The first-order chi connectivity index (χ1) is 19.4. The number of fused-ring (bicyclic) bond motifs is 1. The molecule has 0 aliphatic heterocycles. The van der Waals surface area contributed by atoms with Gasteiger partial charge in [0.1, 0.15) is 23.5 Å². The molecule has 4 aromatic rings. The number of halogens is 1. The van der Waals surface area contributed by atoms with Crippen LogP contribution in [0.15, 0.2) is 82.0 Å². The van der Waals surface area contributed by atoms with Crippen molar-refractivity contribution in [2.24, 2.45) is 0 Å². The molecule has 10 heteroatoms. The quantitative estimate of drug-likeness (QED) is 0.0889. The third kappa shape index (κ3) is 7.49. The van der Waals surface area contributed by atoms with Gasteiger partial charge in [0.25, 0.3) is 5.91 Å². The molecule has 0 radical (unpaired) electrons. The lowest BCUT2D eigenvalue weighted by Gasteiger charge is -2.11. The van der Waals surface area contributed by atoms with Crippen LogP contribution in [0.5, 0.6) is 17.2 Å². The van der Waals surface area contributed by atoms with Gasteiger partial charge in [-0.25, -0.2) is 9.59 Å². The maximum absolute atomic E-state index is 12.4. The number of benzene rings is 3. The number of hydrogen-bond acceptors (Lipinski definition) is 8. The number of rotatable bonds is 11. The molecular formula is C30H26ClNO8. The summed E-state index contributed by atoms with van der Waals surface area (Å²) < 4.78 is 26.8. The van der Waals surface area contributed by atoms with Crippen molar-refractivity contribution in [2.75, 3.05) is 27.4 Å². The molecule has 0 atom stereocenters. The van der Waals surface area contributed by atoms with Gasteiger partial charge in [0.15, 0.2) is 11.5 Å². The number of ether oxygens (including phenoxy) is 4. The van der Waals surface area contributed by atoms with Crippen molar-refractivity contribution in [1.82, 2.24) is 5.32 Å². The Morgan fingerprint density at radius 2 is 1.77 bits per heavy atom. The zero-order valence-electron chi connectivity index (χ0n) is 21.8. The maximum Gasteiger partial charge on any atom is 0.349 e. The number of carbonyl (C=O) groups is 2. The number of hydrogen-bond donors (Lipinski definition) is 1. The number of nitrogens with one attached hydrogen (secondary N) is 1. The number of esters is 1. The van der Waals surface area contributed by atoms with E-state index in [1.165, 1.54) is 38.5 Å². The van der Waals surface area contributed by atoms with Gasteiger partial charge in [-0.05, 0) is 59.7 Å². The minimum atomic E-state index is -0.805. The Morgan fingerprint density at radius 1 is 0.975 bits per heavy atom. The molecule has 1 aromatic heterocycles. The van der Waals surface area contributed by atoms with Gasteiger partial charge in [-0.1, -0.05) is 29.8 Å². The van der Waals surface area contributed by atoms with Crippen LogP contribution in [0.1, 0.15) is 21.5 Å². The second-order valence-corrected chi connectivity index (χ2v) is 8.91. The summed E-state index contributed by atoms with van der Waals surface area (Å²) in [6.45, 7) is 0.903. The average molecular weight is 564 g/mol. The lowest BCUT2D eigenvalue weighted by atomic mass is 10.1. The fraction of sp³-hybridized carbons (Fsp3) is 0.167. The molecular weight excluding hydrogens is 538 g/mol. The van der Waals surface area contributed by atoms with E-state index < -0.39 is 17.5 Å². The normalized spacial score (nSPS) is 11.0. The van der Waals surface area contributed by atoms with Gasteiger partial charge in [-0.2, -0.15) is 0 Å². The van der Waals surface area contributed by atoms with E-state index in [2.05, 4.69) is 5.32 Å². The van der Waals surface area contributed by atoms with Crippen LogP contribution in [0, 0.1) is 0 Å². The van der Waals surface area contributed by atoms with E-state index in [-0.39, 0.29) is 23.4 Å². The van der Waals surface area contributed by atoms with Crippen LogP contribution in [-0.4, -0.2) is 39.2 Å². The Labute approximate surface area is 234 Å². The highest BCUT2D eigenvalue weighted by atomic mass is 35.5. The SMILES string of the molecule is COCCNC(=O)c1cc2ccc(OC(=O)/C=C/c3ccc(OCc4ccc(Cl)cc4)c(OC)c3)cc2oc1=O. The van der Waals surface area contributed by atoms with Crippen molar-refractivity contribution in [2.45, 2.75) is 6.61 Å². The lowest BCUT2D eigenvalue weighted by Crippen LogP contribution is -2.30. The van der Waals surface area contributed by atoms with Crippen LogP contribution in [0.25, 0.3) is 17.0 Å². The monoisotopic (exact) mass is 563 g/mol. The van der Waals surface area contributed by atoms with Crippen LogP contribution in [0.3, 0.4) is 0 Å². The van der Waals surface area contributed by atoms with E-state index in [4.69, 9.17) is 35.0 Å². The Hall–Kier alpha value is -4.60. The molecule has 40 heavy (non-hydrogen) atoms. The molecule has 1 heterocycles. The zero-order chi connectivity index (χ0) is 28.5. The van der Waals surface area contributed by atoms with Crippen molar-refractivity contribution in [3.05, 3.63) is 105 Å². The number of carbonyl (C=O) groups excluding carboxylic acids is 2. The van der Waals surface area contributed by atoms with E-state index in [0.29, 0.717) is 40.7 Å². The fourth-order valence-corrected chi connectivity index (χ4v) is 3.76. The highest BCUT2D eigenvalue weighted by Gasteiger charge is 2.14. The first-order valence-electron chi connectivity index (χ1n) is 12.2. The van der Waals surface area contributed by atoms with Gasteiger partial charge < -0.3 is 28.7 Å². The average Bonchev–Trinajstić information content (AvgIpc) is 2.95. The second-order valence-electron chi connectivity index (χ2n) is 8.48. The number of methoxy groups -OCH3 is 2. The second kappa shape index (κ2) is 13.5. The fourth-order valence-electron chi connectivity index (χ4n) is 3.64. The highest BCUT2D eigenvalue weighted by molar-refractivity contribution is 6.30. The zero-order valence-corrected chi connectivity index (χ0v) is 22.5. The highest BCUT2D eigenvalue weighted by Crippen LogP contribution is 2.29. The standard InChI is InChI=1S/C30H26ClNO8/c1-36-14-13-32-29(34)24-16-21-7-10-23(17-26(21)40-30(24)35)39-28(33)12-6-19-5-11-25(27(15-19)37-2)38-18-20-3-8-22(31)9-4-20/h3-12,15-17H,13-14,18H2,1-2H3,(H,32,34)/b12-6+. The van der Waals surface area contributed by atoms with Crippen LogP contribution in [-0.2, 0) is 16.1 Å². The Kier molecular flexibility index (Phi) is 9.56. The van der Waals surface area contributed by atoms with Crippen LogP contribution in [0.2, 0.25) is 5.02 Å². The molecule has 0 aliphatic rings. The smallest absolute Gasteiger partial charge is 0.349 e. The summed E-state index contributed by atoms with van der Waals surface area (Å²) in [6.07, 6.45) is 2.83. The first kappa shape index (κ1) is 28.4. The van der Waals surface area contributed by atoms with Gasteiger partial charge >= 0.3 is 11.6 Å². The van der Waals surface area contributed by atoms with Crippen molar-refractivity contribution in [3.63, 3.8) is 0 Å². The molecule has 206 valence electrons. The first-order valence-corrected chi connectivity index (χ1v) is 12.5. The summed E-state index contributed by atoms with van der Waals surface area (Å²) in [5.74, 6) is 0.0151. The van der Waals surface area contributed by atoms with Gasteiger partial charge in [0, 0.05) is 36.2 Å². The van der Waals surface area contributed by atoms with Crippen LogP contribution in [0.4, 0.5) is 0 Å². The topological polar surface area (TPSA) is 113 Å². The molecule has 0 spiro atoms. The molecule has 9 nitrogen and oxygen atoms in total. The number of amides is 1. The molecule has 0 aliphatic carbocycles. The summed E-state index contributed by atoms with van der Waals surface area (Å²) in [5, 5.41) is 3.72. The molecule has 1 N–H and O–H groups in total. The molecule has 3 aromatic carbocycles. The summed E-state index contributed by atoms with van der Waals surface area (Å²) in [4.78, 5) is 37.0. The van der Waals surface area contributed by atoms with Crippen molar-refractivity contribution in [3.8, 4) is 17.2 Å². The molecule has 0 fully saturated rings. The third-order valence-electron chi connectivity index (χ3n) is 5.67. The van der Waals surface area contributed by atoms with Gasteiger partial charge in [0.05, 0.1) is 13.7 Å². The summed E-state index contributed by atoms with van der Waals surface area (Å²) in [5.41, 5.74) is 0.878. The summed E-state index contributed by atoms with van der Waals surface area (Å²) in [7, 11) is 3.04. The predicted molar refractivity (Wildman–Crippen MR) is 150 cm³/mol. The molecule has 0 saturated heterocycles. The van der Waals surface area contributed by atoms with Gasteiger partial charge in [-0.15, -0.1) is 0 Å². The predicted octanol–water partition coefficient (Wildman–Crippen LogP) is 5.03. The van der Waals surface area contributed by atoms with E-state index in [1.807, 2.05) is 12.1 Å². The van der Waals surface area contributed by atoms with Crippen molar-refractivity contribution in [1.29, 1.82) is 0 Å². The summed E-state index contributed by atoms with van der Waals surface area (Å²) >= 11 is 5.92. The minimum Gasteiger partial charge on any atom is -0.493 e. The van der Waals surface area contributed by atoms with E-state index in [9.17, 15) is 14.4 Å². The minimum absolute atomic E-state index is 0.131. The van der Waals surface area contributed by atoms with E-state index in [1.54, 1.807) is 42.5 Å². The lowest BCUT2D eigenvalue weighted by molar-refractivity contribution is -0.128. The molecule has 0 bridgehead atoms. The van der Waals surface area contributed by atoms with Crippen molar-refractivity contribution < 1.29 is 33.0 Å². The molecule has 4 rings (SSSR count). The van der Waals surface area contributed by atoms with Crippen LogP contribution < -0.4 is 25.2 Å². The largest absolute Gasteiger partial charge is 0.493 e. The van der Waals surface area contributed by atoms with Gasteiger partial charge in [0.2, 0.25) is 0 Å². The summed E-state index contributed by atoms with van der Waals surface area (Å²) in [6, 6.07) is 18.5. The maximum atomic E-state index is 12.4. The molecule has 0 unspecified atom stereocenters. The molecule has 1 amide bonds. The van der Waals surface area contributed by atoms with Crippen molar-refractivity contribution >= 4 is 40.5 Å². The van der Waals surface area contributed by atoms with E-state index >= 15 is 0 Å². The third-order valence-corrected chi connectivity index (χ3v) is 5.92. The Morgan fingerprint density at radius 3 is 2.52 bits per heavy atom. The molecule has 0 saturated carbocycles.